The van der Waals surface area contributed by atoms with Gasteiger partial charge in [0.05, 0.1) is 0 Å². The van der Waals surface area contributed by atoms with Gasteiger partial charge in [-0.3, -0.25) is 0 Å². The molecule has 1 aromatic heterocycles. The van der Waals surface area contributed by atoms with Crippen LogP contribution in [0.4, 0.5) is 5.82 Å². The van der Waals surface area contributed by atoms with E-state index in [0.717, 1.165) is 24.5 Å². The zero-order valence-electron chi connectivity index (χ0n) is 8.78. The van der Waals surface area contributed by atoms with Gasteiger partial charge in [0.1, 0.15) is 5.82 Å². The van der Waals surface area contributed by atoms with Gasteiger partial charge in [-0.25, -0.2) is 9.97 Å². The molecule has 0 aromatic carbocycles. The van der Waals surface area contributed by atoms with Crippen molar-refractivity contribution in [1.82, 2.24) is 9.97 Å². The van der Waals surface area contributed by atoms with Crippen LogP contribution in [-0.4, -0.2) is 29.1 Å². The first kappa shape index (κ1) is 10.6. The third-order valence-corrected chi connectivity index (χ3v) is 2.93. The largest absolute Gasteiger partial charge is 0.352 e. The quantitative estimate of drug-likeness (QED) is 0.774. The Bertz CT molecular complexity index is 335. The first-order valence-corrected chi connectivity index (χ1v) is 5.56. The van der Waals surface area contributed by atoms with E-state index in [1.54, 1.807) is 0 Å². The molecular weight excluding hydrogens is 212 g/mol. The Morgan fingerprint density at radius 3 is 3.07 bits per heavy atom. The van der Waals surface area contributed by atoms with E-state index in [4.69, 9.17) is 17.3 Å². The van der Waals surface area contributed by atoms with Crippen LogP contribution >= 0.6 is 11.6 Å². The summed E-state index contributed by atoms with van der Waals surface area (Å²) in [4.78, 5) is 10.5. The Labute approximate surface area is 94.5 Å². The molecule has 0 bridgehead atoms. The number of aromatic nitrogens is 2. The first-order valence-electron chi connectivity index (χ1n) is 5.18. The molecule has 5 heteroatoms. The second-order valence-electron chi connectivity index (χ2n) is 3.86. The fourth-order valence-corrected chi connectivity index (χ4v) is 2.27. The van der Waals surface area contributed by atoms with Crippen molar-refractivity contribution in [3.05, 3.63) is 17.0 Å². The van der Waals surface area contributed by atoms with Crippen molar-refractivity contribution in [3.8, 4) is 0 Å². The molecular formula is C10H15ClN4. The topological polar surface area (TPSA) is 55.0 Å². The Balaban J connectivity index is 2.28. The monoisotopic (exact) mass is 226 g/mol. The number of nitrogens with zero attached hydrogens (tertiary/aromatic N) is 3. The van der Waals surface area contributed by atoms with E-state index >= 15 is 0 Å². The molecule has 82 valence electrons. The predicted molar refractivity (Wildman–Crippen MR) is 61.2 cm³/mol. The Morgan fingerprint density at radius 2 is 2.40 bits per heavy atom. The van der Waals surface area contributed by atoms with Crippen molar-refractivity contribution >= 4 is 17.4 Å². The van der Waals surface area contributed by atoms with Gasteiger partial charge in [-0.15, -0.1) is 0 Å². The highest BCUT2D eigenvalue weighted by Gasteiger charge is 2.24. The lowest BCUT2D eigenvalue weighted by Crippen LogP contribution is -2.36. The van der Waals surface area contributed by atoms with Crippen LogP contribution < -0.4 is 10.6 Å². The minimum atomic E-state index is 0.313. The van der Waals surface area contributed by atoms with Gasteiger partial charge in [0.15, 0.2) is 0 Å². The van der Waals surface area contributed by atoms with Gasteiger partial charge in [-0.05, 0) is 31.4 Å². The molecule has 1 atom stereocenters. The summed E-state index contributed by atoms with van der Waals surface area (Å²) in [5.74, 6) is 0.903. The minimum Gasteiger partial charge on any atom is -0.352 e. The number of hydrogen-bond donors (Lipinski definition) is 1. The summed E-state index contributed by atoms with van der Waals surface area (Å²) in [6, 6.07) is 2.36. The maximum absolute atomic E-state index is 5.84. The van der Waals surface area contributed by atoms with Crippen molar-refractivity contribution < 1.29 is 0 Å². The number of halogens is 1. The fraction of sp³-hybridized carbons (Fsp3) is 0.600. The van der Waals surface area contributed by atoms with Crippen molar-refractivity contribution in [3.63, 3.8) is 0 Å². The van der Waals surface area contributed by atoms with Gasteiger partial charge in [0.2, 0.25) is 5.28 Å². The maximum Gasteiger partial charge on any atom is 0.224 e. The maximum atomic E-state index is 5.84. The number of aryl methyl sites for hydroxylation is 1. The van der Waals surface area contributed by atoms with Crippen LogP contribution in [0, 0.1) is 6.92 Å². The standard InChI is InChI=1S/C10H15ClN4/c1-7-5-9(14-10(11)13-7)15-4-2-3-8(15)6-12/h5,8H,2-4,6,12H2,1H3/t8-/m1/s1. The number of anilines is 1. The van der Waals surface area contributed by atoms with Crippen molar-refractivity contribution in [2.75, 3.05) is 18.0 Å². The molecule has 1 aliphatic heterocycles. The molecule has 4 nitrogen and oxygen atoms in total. The number of rotatable bonds is 2. The zero-order chi connectivity index (χ0) is 10.8. The molecule has 0 saturated carbocycles. The summed E-state index contributed by atoms with van der Waals surface area (Å²) in [5, 5.41) is 0.313. The van der Waals surface area contributed by atoms with Gasteiger partial charge in [0.25, 0.3) is 0 Å². The lowest BCUT2D eigenvalue weighted by molar-refractivity contribution is 0.670. The van der Waals surface area contributed by atoms with Crippen LogP contribution in [0.1, 0.15) is 18.5 Å². The first-order chi connectivity index (χ1) is 7.20. The lowest BCUT2D eigenvalue weighted by Gasteiger charge is -2.24. The molecule has 15 heavy (non-hydrogen) atoms. The van der Waals surface area contributed by atoms with Crippen LogP contribution in [0.15, 0.2) is 6.07 Å². The summed E-state index contributed by atoms with van der Waals surface area (Å²) in [6.07, 6.45) is 2.31. The van der Waals surface area contributed by atoms with E-state index in [2.05, 4.69) is 14.9 Å². The van der Waals surface area contributed by atoms with Gasteiger partial charge >= 0.3 is 0 Å². The smallest absolute Gasteiger partial charge is 0.224 e. The highest BCUT2D eigenvalue weighted by molar-refractivity contribution is 6.28. The lowest BCUT2D eigenvalue weighted by atomic mass is 10.2. The van der Waals surface area contributed by atoms with E-state index in [9.17, 15) is 0 Å². The third-order valence-electron chi connectivity index (χ3n) is 2.76. The van der Waals surface area contributed by atoms with Crippen LogP contribution in [0.3, 0.4) is 0 Å². The second-order valence-corrected chi connectivity index (χ2v) is 4.20. The van der Waals surface area contributed by atoms with Gasteiger partial charge in [0, 0.05) is 30.9 Å². The third kappa shape index (κ3) is 2.21. The van der Waals surface area contributed by atoms with Gasteiger partial charge < -0.3 is 10.6 Å². The zero-order valence-corrected chi connectivity index (χ0v) is 9.54. The van der Waals surface area contributed by atoms with E-state index in [0.29, 0.717) is 17.9 Å². The van der Waals surface area contributed by atoms with Crippen LogP contribution in [0.2, 0.25) is 5.28 Å². The summed E-state index contributed by atoms with van der Waals surface area (Å²) in [6.45, 7) is 3.60. The van der Waals surface area contributed by atoms with Crippen LogP contribution in [0.25, 0.3) is 0 Å². The average molecular weight is 227 g/mol. The second kappa shape index (κ2) is 4.33. The molecule has 1 aliphatic rings. The fourth-order valence-electron chi connectivity index (χ4n) is 2.05. The molecule has 0 amide bonds. The molecule has 1 aromatic rings. The molecule has 2 heterocycles. The highest BCUT2D eigenvalue weighted by Crippen LogP contribution is 2.24. The Morgan fingerprint density at radius 1 is 1.60 bits per heavy atom. The van der Waals surface area contributed by atoms with E-state index in [-0.39, 0.29) is 0 Å². The van der Waals surface area contributed by atoms with Crippen molar-refractivity contribution in [2.45, 2.75) is 25.8 Å². The Hall–Kier alpha value is -0.870. The van der Waals surface area contributed by atoms with Crippen LogP contribution in [-0.2, 0) is 0 Å². The predicted octanol–water partition coefficient (Wildman–Crippen LogP) is 1.37. The number of nitrogens with two attached hydrogens (primary N) is 1. The minimum absolute atomic E-state index is 0.313. The van der Waals surface area contributed by atoms with E-state index < -0.39 is 0 Å². The Kier molecular flexibility index (Phi) is 3.07. The highest BCUT2D eigenvalue weighted by atomic mass is 35.5. The van der Waals surface area contributed by atoms with Crippen molar-refractivity contribution in [1.29, 1.82) is 0 Å². The summed E-state index contributed by atoms with van der Waals surface area (Å²) in [7, 11) is 0. The van der Waals surface area contributed by atoms with Crippen LogP contribution in [0.5, 0.6) is 0 Å². The van der Waals surface area contributed by atoms with E-state index in [1.807, 2.05) is 13.0 Å². The molecule has 1 fully saturated rings. The normalized spacial score (nSPS) is 21.0. The van der Waals surface area contributed by atoms with E-state index in [1.165, 1.54) is 6.42 Å². The molecule has 0 aliphatic carbocycles. The molecule has 2 rings (SSSR count). The molecule has 2 N–H and O–H groups in total. The number of hydrogen-bond acceptors (Lipinski definition) is 4. The molecule has 0 unspecified atom stereocenters. The summed E-state index contributed by atoms with van der Waals surface area (Å²) in [5.41, 5.74) is 6.62. The summed E-state index contributed by atoms with van der Waals surface area (Å²) >= 11 is 5.84. The molecule has 0 spiro atoms. The molecule has 1 saturated heterocycles. The SMILES string of the molecule is Cc1cc(N2CCC[C@@H]2CN)nc(Cl)n1. The summed E-state index contributed by atoms with van der Waals surface area (Å²) < 4.78 is 0. The van der Waals surface area contributed by atoms with Crippen molar-refractivity contribution in [2.24, 2.45) is 5.73 Å². The van der Waals surface area contributed by atoms with Gasteiger partial charge in [-0.1, -0.05) is 0 Å². The van der Waals surface area contributed by atoms with Gasteiger partial charge in [-0.2, -0.15) is 0 Å². The molecule has 0 radical (unpaired) electrons. The average Bonchev–Trinajstić information content (AvgIpc) is 2.63.